The maximum atomic E-state index is 13.8. The Bertz CT molecular complexity index is 685. The molecular weight excluding hydrogens is 250 g/mol. The minimum atomic E-state index is -0.719. The molecule has 0 bridgehead atoms. The van der Waals surface area contributed by atoms with Gasteiger partial charge in [0.1, 0.15) is 11.6 Å². The fourth-order valence-corrected chi connectivity index (χ4v) is 2.28. The highest BCUT2D eigenvalue weighted by Gasteiger charge is 2.29. The molecule has 0 radical (unpaired) electrons. The monoisotopic (exact) mass is 260 g/mol. The molecule has 2 aromatic rings. The highest BCUT2D eigenvalue weighted by atomic mass is 19.1. The number of pyridine rings is 1. The van der Waals surface area contributed by atoms with Gasteiger partial charge in [-0.1, -0.05) is 0 Å². The van der Waals surface area contributed by atoms with Crippen LogP contribution >= 0.6 is 0 Å². The van der Waals surface area contributed by atoms with E-state index in [9.17, 15) is 13.6 Å². The molecule has 1 aromatic heterocycles. The predicted octanol–water partition coefficient (Wildman–Crippen LogP) is 2.61. The highest BCUT2D eigenvalue weighted by molar-refractivity contribution is 6.03. The van der Waals surface area contributed by atoms with Gasteiger partial charge >= 0.3 is 0 Å². The fraction of sp³-hybridized carbons (Fsp3) is 0.143. The van der Waals surface area contributed by atoms with E-state index in [0.717, 1.165) is 17.7 Å². The van der Waals surface area contributed by atoms with E-state index in [-0.39, 0.29) is 17.2 Å². The summed E-state index contributed by atoms with van der Waals surface area (Å²) in [6.07, 6.45) is 1.53. The Hall–Kier alpha value is -2.30. The van der Waals surface area contributed by atoms with Crippen LogP contribution in [-0.4, -0.2) is 22.8 Å². The summed E-state index contributed by atoms with van der Waals surface area (Å²) in [6.45, 7) is 0.479. The lowest BCUT2D eigenvalue weighted by molar-refractivity contribution is 0.0817. The van der Waals surface area contributed by atoms with Gasteiger partial charge in [0, 0.05) is 31.4 Å². The smallest absolute Gasteiger partial charge is 0.256 e. The van der Waals surface area contributed by atoms with Crippen molar-refractivity contribution in [1.29, 1.82) is 0 Å². The van der Waals surface area contributed by atoms with Crippen molar-refractivity contribution < 1.29 is 13.6 Å². The van der Waals surface area contributed by atoms with Gasteiger partial charge in [0.05, 0.1) is 11.3 Å². The van der Waals surface area contributed by atoms with Gasteiger partial charge in [-0.25, -0.2) is 8.78 Å². The molecule has 0 saturated carbocycles. The predicted molar refractivity (Wildman–Crippen MR) is 65.4 cm³/mol. The summed E-state index contributed by atoms with van der Waals surface area (Å²) < 4.78 is 26.8. The third-order valence-corrected chi connectivity index (χ3v) is 3.19. The molecule has 3 rings (SSSR count). The number of amides is 1. The van der Waals surface area contributed by atoms with Gasteiger partial charge in [0.15, 0.2) is 0 Å². The third kappa shape index (κ3) is 1.78. The average molecular weight is 260 g/mol. The summed E-state index contributed by atoms with van der Waals surface area (Å²) in [5.74, 6) is -1.57. The largest absolute Gasteiger partial charge is 0.337 e. The number of carbonyl (C=O) groups is 1. The fourth-order valence-electron chi connectivity index (χ4n) is 2.28. The highest BCUT2D eigenvalue weighted by Crippen LogP contribution is 2.31. The van der Waals surface area contributed by atoms with E-state index in [4.69, 9.17) is 0 Å². The van der Waals surface area contributed by atoms with Crippen LogP contribution in [-0.2, 0) is 6.54 Å². The second-order valence-corrected chi connectivity index (χ2v) is 4.48. The molecule has 1 aromatic carbocycles. The van der Waals surface area contributed by atoms with Crippen molar-refractivity contribution in [2.75, 3.05) is 7.05 Å². The van der Waals surface area contributed by atoms with E-state index in [1.165, 1.54) is 17.2 Å². The van der Waals surface area contributed by atoms with Gasteiger partial charge in [-0.15, -0.1) is 0 Å². The van der Waals surface area contributed by atoms with Gasteiger partial charge in [0.2, 0.25) is 0 Å². The number of aromatic nitrogens is 1. The van der Waals surface area contributed by atoms with Crippen LogP contribution in [0.25, 0.3) is 11.3 Å². The minimum Gasteiger partial charge on any atom is -0.337 e. The molecule has 0 N–H and O–H groups in total. The Balaban J connectivity index is 2.23. The van der Waals surface area contributed by atoms with Crippen LogP contribution in [0.2, 0.25) is 0 Å². The molecular formula is C14H10F2N2O. The first-order valence-corrected chi connectivity index (χ1v) is 5.76. The van der Waals surface area contributed by atoms with Gasteiger partial charge in [0.25, 0.3) is 5.91 Å². The molecule has 0 fully saturated rings. The number of hydrogen-bond donors (Lipinski definition) is 0. The second kappa shape index (κ2) is 4.12. The molecule has 1 amide bonds. The summed E-state index contributed by atoms with van der Waals surface area (Å²) in [5, 5.41) is 0. The summed E-state index contributed by atoms with van der Waals surface area (Å²) in [5.41, 5.74) is 1.61. The Labute approximate surface area is 108 Å². The van der Waals surface area contributed by atoms with Gasteiger partial charge in [-0.3, -0.25) is 9.78 Å². The third-order valence-electron chi connectivity index (χ3n) is 3.19. The SMILES string of the molecule is CN1Cc2ccnc(-c3ccc(F)cc3F)c2C1=O. The Morgan fingerprint density at radius 2 is 2.05 bits per heavy atom. The molecule has 0 spiro atoms. The molecule has 2 heterocycles. The van der Waals surface area contributed by atoms with Crippen LogP contribution in [0.15, 0.2) is 30.5 Å². The van der Waals surface area contributed by atoms with E-state index in [0.29, 0.717) is 12.1 Å². The van der Waals surface area contributed by atoms with E-state index in [2.05, 4.69) is 4.98 Å². The summed E-state index contributed by atoms with van der Waals surface area (Å²) in [4.78, 5) is 17.7. The summed E-state index contributed by atoms with van der Waals surface area (Å²) >= 11 is 0. The molecule has 0 unspecified atom stereocenters. The van der Waals surface area contributed by atoms with E-state index in [1.54, 1.807) is 13.1 Å². The van der Waals surface area contributed by atoms with Crippen LogP contribution < -0.4 is 0 Å². The maximum absolute atomic E-state index is 13.8. The summed E-state index contributed by atoms with van der Waals surface area (Å²) in [7, 11) is 1.67. The molecule has 5 heteroatoms. The molecule has 0 aliphatic carbocycles. The van der Waals surface area contributed by atoms with E-state index >= 15 is 0 Å². The lowest BCUT2D eigenvalue weighted by atomic mass is 10.0. The first kappa shape index (κ1) is 11.8. The van der Waals surface area contributed by atoms with Crippen molar-refractivity contribution in [3.8, 4) is 11.3 Å². The van der Waals surface area contributed by atoms with Gasteiger partial charge in [-0.2, -0.15) is 0 Å². The number of carbonyl (C=O) groups excluding carboxylic acids is 1. The van der Waals surface area contributed by atoms with Crippen LogP contribution in [0.5, 0.6) is 0 Å². The zero-order valence-corrected chi connectivity index (χ0v) is 10.2. The van der Waals surface area contributed by atoms with Crippen molar-refractivity contribution in [3.63, 3.8) is 0 Å². The summed E-state index contributed by atoms with van der Waals surface area (Å²) in [6, 6.07) is 4.99. The van der Waals surface area contributed by atoms with Gasteiger partial charge in [-0.05, 0) is 23.8 Å². The zero-order valence-electron chi connectivity index (χ0n) is 10.2. The van der Waals surface area contributed by atoms with Crippen LogP contribution in [0, 0.1) is 11.6 Å². The number of nitrogens with zero attached hydrogens (tertiary/aromatic N) is 2. The van der Waals surface area contributed by atoms with Crippen molar-refractivity contribution >= 4 is 5.91 Å². The number of halogens is 2. The van der Waals surface area contributed by atoms with Crippen molar-refractivity contribution in [3.05, 3.63) is 53.2 Å². The minimum absolute atomic E-state index is 0.141. The zero-order chi connectivity index (χ0) is 13.6. The lowest BCUT2D eigenvalue weighted by Crippen LogP contribution is -2.18. The first-order valence-electron chi connectivity index (χ1n) is 5.76. The average Bonchev–Trinajstić information content (AvgIpc) is 2.65. The topological polar surface area (TPSA) is 33.2 Å². The number of fused-ring (bicyclic) bond motifs is 1. The Kier molecular flexibility index (Phi) is 2.55. The Morgan fingerprint density at radius 3 is 2.79 bits per heavy atom. The molecule has 1 aliphatic heterocycles. The van der Waals surface area contributed by atoms with Crippen molar-refractivity contribution in [1.82, 2.24) is 9.88 Å². The van der Waals surface area contributed by atoms with E-state index < -0.39 is 11.6 Å². The quantitative estimate of drug-likeness (QED) is 0.789. The standard InChI is InChI=1S/C14H10F2N2O/c1-18-7-8-4-5-17-13(12(8)14(18)19)10-3-2-9(15)6-11(10)16/h2-6H,7H2,1H3. The molecule has 96 valence electrons. The Morgan fingerprint density at radius 1 is 1.26 bits per heavy atom. The first-order chi connectivity index (χ1) is 9.08. The second-order valence-electron chi connectivity index (χ2n) is 4.48. The van der Waals surface area contributed by atoms with Crippen LogP contribution in [0.4, 0.5) is 8.78 Å². The van der Waals surface area contributed by atoms with E-state index in [1.807, 2.05) is 0 Å². The molecule has 0 saturated heterocycles. The van der Waals surface area contributed by atoms with Crippen LogP contribution in [0.1, 0.15) is 15.9 Å². The lowest BCUT2D eigenvalue weighted by Gasteiger charge is -2.08. The number of rotatable bonds is 1. The van der Waals surface area contributed by atoms with Crippen molar-refractivity contribution in [2.45, 2.75) is 6.54 Å². The molecule has 19 heavy (non-hydrogen) atoms. The number of benzene rings is 1. The van der Waals surface area contributed by atoms with Crippen LogP contribution in [0.3, 0.4) is 0 Å². The number of hydrogen-bond acceptors (Lipinski definition) is 2. The normalized spacial score (nSPS) is 13.8. The van der Waals surface area contributed by atoms with Gasteiger partial charge < -0.3 is 4.90 Å². The molecule has 3 nitrogen and oxygen atoms in total. The van der Waals surface area contributed by atoms with Crippen molar-refractivity contribution in [2.24, 2.45) is 0 Å². The molecule has 1 aliphatic rings. The molecule has 0 atom stereocenters. The maximum Gasteiger partial charge on any atom is 0.256 e.